The van der Waals surface area contributed by atoms with E-state index in [0.717, 1.165) is 27.8 Å². The zero-order valence-corrected chi connectivity index (χ0v) is 13.8. The van der Waals surface area contributed by atoms with E-state index in [9.17, 15) is 4.79 Å². The van der Waals surface area contributed by atoms with Crippen LogP contribution in [0.5, 0.6) is 5.88 Å². The summed E-state index contributed by atoms with van der Waals surface area (Å²) < 4.78 is 10.5. The van der Waals surface area contributed by atoms with Crippen LogP contribution in [0.1, 0.15) is 5.56 Å². The van der Waals surface area contributed by atoms with Crippen LogP contribution in [0.3, 0.4) is 0 Å². The van der Waals surface area contributed by atoms with Crippen LogP contribution in [0, 0.1) is 6.92 Å². The molecule has 0 aliphatic rings. The summed E-state index contributed by atoms with van der Waals surface area (Å²) in [5.41, 5.74) is 4.84. The highest BCUT2D eigenvalue weighted by Crippen LogP contribution is 2.31. The average molecular weight is 346 g/mol. The van der Waals surface area contributed by atoms with Crippen LogP contribution in [0.25, 0.3) is 33.7 Å². The van der Waals surface area contributed by atoms with E-state index in [0.29, 0.717) is 11.5 Å². The highest BCUT2D eigenvalue weighted by molar-refractivity contribution is 5.77. The van der Waals surface area contributed by atoms with Gasteiger partial charge in [0.1, 0.15) is 5.52 Å². The largest absolute Gasteiger partial charge is 0.512 e. The third-order valence-electron chi connectivity index (χ3n) is 4.08. The van der Waals surface area contributed by atoms with E-state index in [1.165, 1.54) is 6.20 Å². The highest BCUT2D eigenvalue weighted by Gasteiger charge is 2.13. The number of benzene rings is 2. The van der Waals surface area contributed by atoms with E-state index in [1.54, 1.807) is 6.92 Å². The van der Waals surface area contributed by atoms with Gasteiger partial charge in [0.25, 0.3) is 0 Å². The third kappa shape index (κ3) is 2.88. The molecule has 128 valence electrons. The van der Waals surface area contributed by atoms with Crippen LogP contribution >= 0.6 is 0 Å². The SMILES string of the molecule is Cc1c(-c2ccc(-c3nc4ccccc4o3)cc2)ccnc1OC(=O)O. The van der Waals surface area contributed by atoms with Crippen molar-refractivity contribution >= 4 is 17.3 Å². The lowest BCUT2D eigenvalue weighted by molar-refractivity contribution is 0.142. The molecule has 1 N–H and O–H groups in total. The molecule has 0 saturated heterocycles. The maximum atomic E-state index is 10.8. The molecule has 0 aliphatic carbocycles. The first-order chi connectivity index (χ1) is 12.6. The molecule has 6 heteroatoms. The molecule has 0 atom stereocenters. The first kappa shape index (κ1) is 15.8. The van der Waals surface area contributed by atoms with Crippen LogP contribution in [-0.4, -0.2) is 21.2 Å². The van der Waals surface area contributed by atoms with Crippen LogP contribution < -0.4 is 4.74 Å². The maximum absolute atomic E-state index is 10.8. The van der Waals surface area contributed by atoms with Gasteiger partial charge in [0, 0.05) is 17.3 Å². The van der Waals surface area contributed by atoms with Crippen molar-refractivity contribution in [2.24, 2.45) is 0 Å². The van der Waals surface area contributed by atoms with Crippen molar-refractivity contribution in [3.63, 3.8) is 0 Å². The van der Waals surface area contributed by atoms with Gasteiger partial charge < -0.3 is 14.3 Å². The van der Waals surface area contributed by atoms with Crippen molar-refractivity contribution in [2.45, 2.75) is 6.92 Å². The van der Waals surface area contributed by atoms with Crippen LogP contribution in [0.2, 0.25) is 0 Å². The van der Waals surface area contributed by atoms with Gasteiger partial charge in [-0.3, -0.25) is 0 Å². The zero-order valence-electron chi connectivity index (χ0n) is 13.8. The summed E-state index contributed by atoms with van der Waals surface area (Å²) in [6.45, 7) is 1.77. The minimum Gasteiger partial charge on any atom is -0.449 e. The summed E-state index contributed by atoms with van der Waals surface area (Å²) in [7, 11) is 0. The van der Waals surface area contributed by atoms with Crippen molar-refractivity contribution in [2.75, 3.05) is 0 Å². The Bertz CT molecular complexity index is 1070. The molecule has 0 saturated carbocycles. The Morgan fingerprint density at radius 2 is 1.77 bits per heavy atom. The van der Waals surface area contributed by atoms with Crippen molar-refractivity contribution < 1.29 is 19.1 Å². The number of ether oxygens (including phenoxy) is 1. The molecule has 4 aromatic rings. The van der Waals surface area contributed by atoms with Gasteiger partial charge in [0.05, 0.1) is 0 Å². The Morgan fingerprint density at radius 3 is 2.50 bits per heavy atom. The standard InChI is InChI=1S/C20H14N2O4/c1-12-15(10-11-21-18(12)26-20(23)24)13-6-8-14(9-7-13)19-22-16-4-2-3-5-17(16)25-19/h2-11H,1H3,(H,23,24). The second-order valence-corrected chi connectivity index (χ2v) is 5.72. The molecule has 0 fully saturated rings. The molecule has 0 amide bonds. The van der Waals surface area contributed by atoms with Gasteiger partial charge >= 0.3 is 6.16 Å². The monoisotopic (exact) mass is 346 g/mol. The summed E-state index contributed by atoms with van der Waals surface area (Å²) in [6, 6.07) is 17.1. The first-order valence-corrected chi connectivity index (χ1v) is 7.94. The molecule has 6 nitrogen and oxygen atoms in total. The van der Waals surface area contributed by atoms with Gasteiger partial charge in [-0.05, 0) is 48.4 Å². The number of hydrogen-bond acceptors (Lipinski definition) is 5. The Kier molecular flexibility index (Phi) is 3.85. The number of fused-ring (bicyclic) bond motifs is 1. The molecule has 0 aliphatic heterocycles. The molecule has 0 bridgehead atoms. The fourth-order valence-corrected chi connectivity index (χ4v) is 2.80. The van der Waals surface area contributed by atoms with Gasteiger partial charge in [-0.2, -0.15) is 0 Å². The number of para-hydroxylation sites is 2. The number of aromatic nitrogens is 2. The Balaban J connectivity index is 1.69. The summed E-state index contributed by atoms with van der Waals surface area (Å²) in [5.74, 6) is 0.636. The highest BCUT2D eigenvalue weighted by atomic mass is 16.7. The fraction of sp³-hybridized carbons (Fsp3) is 0.0500. The van der Waals surface area contributed by atoms with E-state index >= 15 is 0 Å². The number of nitrogens with zero attached hydrogens (tertiary/aromatic N) is 2. The normalized spacial score (nSPS) is 10.8. The van der Waals surface area contributed by atoms with Gasteiger partial charge in [-0.1, -0.05) is 24.3 Å². The van der Waals surface area contributed by atoms with E-state index < -0.39 is 6.16 Å². The maximum Gasteiger partial charge on any atom is 0.512 e. The van der Waals surface area contributed by atoms with Crippen molar-refractivity contribution in [1.29, 1.82) is 0 Å². The number of pyridine rings is 1. The topological polar surface area (TPSA) is 85.5 Å². The number of hydrogen-bond donors (Lipinski definition) is 1. The summed E-state index contributed by atoms with van der Waals surface area (Å²) in [6.07, 6.45) is 0.138. The second-order valence-electron chi connectivity index (χ2n) is 5.72. The Morgan fingerprint density at radius 1 is 1.04 bits per heavy atom. The molecule has 4 rings (SSSR count). The van der Waals surface area contributed by atoms with E-state index in [-0.39, 0.29) is 5.88 Å². The molecular formula is C20H14N2O4. The third-order valence-corrected chi connectivity index (χ3v) is 4.08. The smallest absolute Gasteiger partial charge is 0.449 e. The molecule has 0 spiro atoms. The lowest BCUT2D eigenvalue weighted by atomic mass is 10.0. The van der Waals surface area contributed by atoms with Gasteiger partial charge in [0.15, 0.2) is 5.58 Å². The zero-order chi connectivity index (χ0) is 18.1. The van der Waals surface area contributed by atoms with Gasteiger partial charge in [0.2, 0.25) is 11.8 Å². The second kappa shape index (κ2) is 6.33. The Labute approximate surface area is 148 Å². The summed E-state index contributed by atoms with van der Waals surface area (Å²) in [5, 5.41) is 8.80. The van der Waals surface area contributed by atoms with Crippen LogP contribution in [0.15, 0.2) is 65.2 Å². The van der Waals surface area contributed by atoms with Crippen molar-refractivity contribution in [3.8, 4) is 28.5 Å². The average Bonchev–Trinajstić information content (AvgIpc) is 3.07. The molecule has 2 aromatic heterocycles. The molecular weight excluding hydrogens is 332 g/mol. The number of carbonyl (C=O) groups is 1. The lowest BCUT2D eigenvalue weighted by Crippen LogP contribution is -2.06. The minimum atomic E-state index is -1.39. The Hall–Kier alpha value is -3.67. The lowest BCUT2D eigenvalue weighted by Gasteiger charge is -2.09. The molecule has 2 aromatic carbocycles. The quantitative estimate of drug-likeness (QED) is 0.530. The molecule has 0 unspecified atom stereocenters. The van der Waals surface area contributed by atoms with Crippen molar-refractivity contribution in [1.82, 2.24) is 9.97 Å². The predicted molar refractivity (Wildman–Crippen MR) is 96.1 cm³/mol. The number of carboxylic acid groups (broad SMARTS) is 1. The van der Waals surface area contributed by atoms with Crippen LogP contribution in [0.4, 0.5) is 4.79 Å². The molecule has 2 heterocycles. The predicted octanol–water partition coefficient (Wildman–Crippen LogP) is 4.92. The fourth-order valence-electron chi connectivity index (χ4n) is 2.80. The summed E-state index contributed by atoms with van der Waals surface area (Å²) >= 11 is 0. The molecule has 0 radical (unpaired) electrons. The van der Waals surface area contributed by atoms with E-state index in [2.05, 4.69) is 9.97 Å². The van der Waals surface area contributed by atoms with E-state index in [1.807, 2.05) is 54.6 Å². The van der Waals surface area contributed by atoms with E-state index in [4.69, 9.17) is 14.3 Å². The first-order valence-electron chi connectivity index (χ1n) is 7.94. The number of rotatable bonds is 3. The van der Waals surface area contributed by atoms with Gasteiger partial charge in [-0.15, -0.1) is 0 Å². The minimum absolute atomic E-state index is 0.0815. The van der Waals surface area contributed by atoms with Crippen LogP contribution in [-0.2, 0) is 0 Å². The van der Waals surface area contributed by atoms with Crippen molar-refractivity contribution in [3.05, 3.63) is 66.4 Å². The summed E-state index contributed by atoms with van der Waals surface area (Å²) in [4.78, 5) is 19.2. The number of oxazole rings is 1. The molecule has 26 heavy (non-hydrogen) atoms. The van der Waals surface area contributed by atoms with Gasteiger partial charge in [-0.25, -0.2) is 14.8 Å².